The zero-order valence-corrected chi connectivity index (χ0v) is 30.7. The van der Waals surface area contributed by atoms with Crippen LogP contribution in [0.3, 0.4) is 0 Å². The Morgan fingerprint density at radius 3 is 0.818 bits per heavy atom. The number of esters is 2. The first-order chi connectivity index (χ1) is 21.6. The molecule has 0 amide bonds. The predicted octanol–water partition coefficient (Wildman–Crippen LogP) is 13.6. The van der Waals surface area contributed by atoms with E-state index in [0.29, 0.717) is 26.1 Å². The van der Waals surface area contributed by atoms with E-state index in [4.69, 9.17) is 9.47 Å². The summed E-state index contributed by atoms with van der Waals surface area (Å²) in [6.45, 7) is 10.1. The summed E-state index contributed by atoms with van der Waals surface area (Å²) in [6.07, 6.45) is 40.0. The van der Waals surface area contributed by atoms with Gasteiger partial charge in [0.2, 0.25) is 0 Å². The Morgan fingerprint density at radius 1 is 0.295 bits per heavy atom. The topological polar surface area (TPSA) is 52.6 Å². The minimum Gasteiger partial charge on any atom is -0.466 e. The van der Waals surface area contributed by atoms with Crippen LogP contribution in [0.5, 0.6) is 0 Å². The standard InChI is InChI=1S/C22H44O2.C18H36O2/c1-3-5-7-8-9-10-11-12-13-14-15-16-17-18-19-20-22(23)24-21-6-4-2;1-3-5-7-9-10-11-12-13-14-16-18(19)20-17-15-8-6-4-2/h3-21H2,1-2H3;3-17H2,1-2H3. The summed E-state index contributed by atoms with van der Waals surface area (Å²) in [7, 11) is 0. The molecule has 0 atom stereocenters. The fourth-order valence-electron chi connectivity index (χ4n) is 5.41. The quantitative estimate of drug-likeness (QED) is 0.0528. The molecule has 0 rings (SSSR count). The molecule has 0 heterocycles. The summed E-state index contributed by atoms with van der Waals surface area (Å²) < 4.78 is 10.4. The molecule has 44 heavy (non-hydrogen) atoms. The highest BCUT2D eigenvalue weighted by atomic mass is 16.5. The van der Waals surface area contributed by atoms with Crippen LogP contribution < -0.4 is 0 Å². The van der Waals surface area contributed by atoms with Crippen molar-refractivity contribution in [2.75, 3.05) is 13.2 Å². The van der Waals surface area contributed by atoms with Crippen molar-refractivity contribution in [3.05, 3.63) is 0 Å². The highest BCUT2D eigenvalue weighted by molar-refractivity contribution is 5.69. The molecule has 0 N–H and O–H groups in total. The number of ether oxygens (including phenoxy) is 2. The molecular formula is C40H80O4. The van der Waals surface area contributed by atoms with E-state index in [-0.39, 0.29) is 11.9 Å². The van der Waals surface area contributed by atoms with Crippen LogP contribution >= 0.6 is 0 Å². The molecule has 0 aromatic heterocycles. The molecule has 0 aromatic rings. The van der Waals surface area contributed by atoms with Crippen LogP contribution in [-0.2, 0) is 19.1 Å². The van der Waals surface area contributed by atoms with Crippen LogP contribution in [0.1, 0.15) is 233 Å². The first-order valence-corrected chi connectivity index (χ1v) is 19.9. The number of hydrogen-bond acceptors (Lipinski definition) is 4. The Hall–Kier alpha value is -1.06. The van der Waals surface area contributed by atoms with E-state index < -0.39 is 0 Å². The second-order valence-electron chi connectivity index (χ2n) is 13.1. The summed E-state index contributed by atoms with van der Waals surface area (Å²) >= 11 is 0. The minimum atomic E-state index is -0.00172. The highest BCUT2D eigenvalue weighted by Gasteiger charge is 2.03. The third kappa shape index (κ3) is 43.1. The van der Waals surface area contributed by atoms with Gasteiger partial charge in [0.05, 0.1) is 13.2 Å². The average Bonchev–Trinajstić information content (AvgIpc) is 3.02. The molecule has 0 saturated carbocycles. The lowest BCUT2D eigenvalue weighted by Crippen LogP contribution is -2.05. The van der Waals surface area contributed by atoms with Gasteiger partial charge in [0, 0.05) is 12.8 Å². The molecule has 0 spiro atoms. The number of carbonyl (C=O) groups is 2. The maximum Gasteiger partial charge on any atom is 0.305 e. The van der Waals surface area contributed by atoms with E-state index in [1.165, 1.54) is 161 Å². The summed E-state index contributed by atoms with van der Waals surface area (Å²) in [5.74, 6) is 0.00240. The Kier molecular flexibility index (Phi) is 43.0. The third-order valence-electron chi connectivity index (χ3n) is 8.49. The largest absolute Gasteiger partial charge is 0.466 e. The van der Waals surface area contributed by atoms with Crippen LogP contribution in [-0.4, -0.2) is 25.2 Å². The molecule has 4 nitrogen and oxygen atoms in total. The van der Waals surface area contributed by atoms with Gasteiger partial charge >= 0.3 is 11.9 Å². The van der Waals surface area contributed by atoms with Gasteiger partial charge in [0.15, 0.2) is 0 Å². The summed E-state index contributed by atoms with van der Waals surface area (Å²) in [4.78, 5) is 22.9. The van der Waals surface area contributed by atoms with E-state index in [2.05, 4.69) is 27.7 Å². The van der Waals surface area contributed by atoms with Crippen LogP contribution in [0.4, 0.5) is 0 Å². The normalized spacial score (nSPS) is 10.8. The fourth-order valence-corrected chi connectivity index (χ4v) is 5.41. The summed E-state index contributed by atoms with van der Waals surface area (Å²) in [6, 6.07) is 0. The van der Waals surface area contributed by atoms with E-state index in [1.807, 2.05) is 0 Å². The van der Waals surface area contributed by atoms with E-state index >= 15 is 0 Å². The van der Waals surface area contributed by atoms with Crippen molar-refractivity contribution >= 4 is 11.9 Å². The van der Waals surface area contributed by atoms with Crippen molar-refractivity contribution in [1.29, 1.82) is 0 Å². The van der Waals surface area contributed by atoms with Crippen LogP contribution in [0.15, 0.2) is 0 Å². The molecule has 0 bridgehead atoms. The third-order valence-corrected chi connectivity index (χ3v) is 8.49. The molecule has 0 radical (unpaired) electrons. The van der Waals surface area contributed by atoms with E-state index in [0.717, 1.165) is 32.1 Å². The lowest BCUT2D eigenvalue weighted by atomic mass is 10.0. The first-order valence-electron chi connectivity index (χ1n) is 19.9. The second kappa shape index (κ2) is 41.9. The molecule has 0 unspecified atom stereocenters. The van der Waals surface area contributed by atoms with Crippen molar-refractivity contribution in [2.45, 2.75) is 233 Å². The molecule has 0 fully saturated rings. The molecule has 4 heteroatoms. The van der Waals surface area contributed by atoms with Gasteiger partial charge in [-0.05, 0) is 25.7 Å². The Balaban J connectivity index is 0. The zero-order valence-electron chi connectivity index (χ0n) is 30.7. The molecular weight excluding hydrogens is 544 g/mol. The van der Waals surface area contributed by atoms with Gasteiger partial charge in [-0.3, -0.25) is 9.59 Å². The van der Waals surface area contributed by atoms with Gasteiger partial charge in [-0.1, -0.05) is 195 Å². The van der Waals surface area contributed by atoms with Crippen molar-refractivity contribution in [2.24, 2.45) is 0 Å². The lowest BCUT2D eigenvalue weighted by molar-refractivity contribution is -0.144. The summed E-state index contributed by atoms with van der Waals surface area (Å²) in [5.41, 5.74) is 0. The predicted molar refractivity (Wildman–Crippen MR) is 192 cm³/mol. The molecule has 0 saturated heterocycles. The number of rotatable bonds is 34. The average molecular weight is 625 g/mol. The van der Waals surface area contributed by atoms with Gasteiger partial charge in [-0.25, -0.2) is 0 Å². The minimum absolute atomic E-state index is 0.00172. The van der Waals surface area contributed by atoms with E-state index in [9.17, 15) is 9.59 Å². The highest BCUT2D eigenvalue weighted by Crippen LogP contribution is 2.14. The zero-order chi connectivity index (χ0) is 32.6. The molecule has 0 aliphatic heterocycles. The molecule has 264 valence electrons. The van der Waals surface area contributed by atoms with Gasteiger partial charge in [-0.15, -0.1) is 0 Å². The van der Waals surface area contributed by atoms with Crippen molar-refractivity contribution in [1.82, 2.24) is 0 Å². The Bertz CT molecular complexity index is 547. The lowest BCUT2D eigenvalue weighted by Gasteiger charge is -2.05. The Morgan fingerprint density at radius 2 is 0.523 bits per heavy atom. The number of unbranched alkanes of at least 4 members (excludes halogenated alkanes) is 26. The maximum atomic E-state index is 11.5. The number of carbonyl (C=O) groups excluding carboxylic acids is 2. The van der Waals surface area contributed by atoms with Crippen molar-refractivity contribution in [3.63, 3.8) is 0 Å². The molecule has 0 aliphatic rings. The summed E-state index contributed by atoms with van der Waals surface area (Å²) in [5, 5.41) is 0. The number of hydrogen-bond donors (Lipinski definition) is 0. The van der Waals surface area contributed by atoms with E-state index in [1.54, 1.807) is 0 Å². The smallest absolute Gasteiger partial charge is 0.305 e. The van der Waals surface area contributed by atoms with Crippen molar-refractivity contribution < 1.29 is 19.1 Å². The molecule has 0 aromatic carbocycles. The van der Waals surface area contributed by atoms with Gasteiger partial charge in [-0.2, -0.15) is 0 Å². The monoisotopic (exact) mass is 625 g/mol. The first kappa shape index (κ1) is 45.1. The van der Waals surface area contributed by atoms with Crippen LogP contribution in [0.25, 0.3) is 0 Å². The van der Waals surface area contributed by atoms with Crippen molar-refractivity contribution in [3.8, 4) is 0 Å². The maximum absolute atomic E-state index is 11.5. The van der Waals surface area contributed by atoms with Gasteiger partial charge < -0.3 is 9.47 Å². The van der Waals surface area contributed by atoms with Gasteiger partial charge in [0.1, 0.15) is 0 Å². The fraction of sp³-hybridized carbons (Fsp3) is 0.950. The SMILES string of the molecule is CCCCCCCCCCCC(=O)OCCCCCC.CCCCCCCCCCCCCCCCCC(=O)OCCCC. The van der Waals surface area contributed by atoms with Gasteiger partial charge in [0.25, 0.3) is 0 Å². The Labute approximate surface area is 277 Å². The second-order valence-corrected chi connectivity index (χ2v) is 13.1. The van der Waals surface area contributed by atoms with Crippen LogP contribution in [0, 0.1) is 0 Å². The van der Waals surface area contributed by atoms with Crippen LogP contribution in [0.2, 0.25) is 0 Å². The molecule has 0 aliphatic carbocycles.